The normalized spacial score (nSPS) is 10.0. The molecule has 5 nitrogen and oxygen atoms in total. The molecule has 0 radical (unpaired) electrons. The third-order valence-electron chi connectivity index (χ3n) is 3.21. The molecule has 0 atom stereocenters. The lowest BCUT2D eigenvalue weighted by Crippen LogP contribution is -2.20. The van der Waals surface area contributed by atoms with Gasteiger partial charge in [0.2, 0.25) is 5.91 Å². The van der Waals surface area contributed by atoms with Crippen molar-refractivity contribution in [3.63, 3.8) is 0 Å². The van der Waals surface area contributed by atoms with Gasteiger partial charge in [-0.25, -0.2) is 0 Å². The smallest absolute Gasteiger partial charge is 0.262 e. The number of ether oxygens (including phenoxy) is 1. The van der Waals surface area contributed by atoms with E-state index in [4.69, 9.17) is 4.74 Å². The van der Waals surface area contributed by atoms with Gasteiger partial charge in [-0.2, -0.15) is 0 Å². The zero-order chi connectivity index (χ0) is 16.8. The zero-order valence-corrected chi connectivity index (χ0v) is 13.5. The van der Waals surface area contributed by atoms with Crippen LogP contribution in [0.3, 0.4) is 0 Å². The van der Waals surface area contributed by atoms with Gasteiger partial charge < -0.3 is 15.4 Å². The van der Waals surface area contributed by atoms with E-state index < -0.39 is 0 Å². The maximum atomic E-state index is 12.0. The van der Waals surface area contributed by atoms with E-state index in [1.165, 1.54) is 6.92 Å². The summed E-state index contributed by atoms with van der Waals surface area (Å²) >= 11 is 0. The van der Waals surface area contributed by atoms with Gasteiger partial charge in [0, 0.05) is 18.3 Å². The molecule has 0 fully saturated rings. The fourth-order valence-corrected chi connectivity index (χ4v) is 2.04. The Hall–Kier alpha value is -2.82. The van der Waals surface area contributed by atoms with Crippen LogP contribution in [-0.4, -0.2) is 18.4 Å². The van der Waals surface area contributed by atoms with E-state index in [2.05, 4.69) is 10.6 Å². The molecule has 0 bridgehead atoms. The Morgan fingerprint density at radius 2 is 1.70 bits per heavy atom. The molecule has 0 saturated carbocycles. The van der Waals surface area contributed by atoms with Crippen molar-refractivity contribution >= 4 is 23.2 Å². The van der Waals surface area contributed by atoms with Gasteiger partial charge in [0.25, 0.3) is 5.91 Å². The molecule has 5 heteroatoms. The molecule has 2 rings (SSSR count). The van der Waals surface area contributed by atoms with E-state index in [1.807, 2.05) is 32.0 Å². The summed E-state index contributed by atoms with van der Waals surface area (Å²) in [6.45, 7) is 5.29. The number of carbonyl (C=O) groups excluding carboxylic acids is 2. The van der Waals surface area contributed by atoms with Crippen LogP contribution in [0, 0.1) is 13.8 Å². The molecule has 0 aliphatic rings. The molecule has 0 aromatic heterocycles. The molecule has 2 N–H and O–H groups in total. The summed E-state index contributed by atoms with van der Waals surface area (Å²) in [5, 5.41) is 5.51. The van der Waals surface area contributed by atoms with Gasteiger partial charge in [-0.15, -0.1) is 0 Å². The van der Waals surface area contributed by atoms with Gasteiger partial charge in [0.05, 0.1) is 0 Å². The minimum Gasteiger partial charge on any atom is -0.484 e. The molecule has 23 heavy (non-hydrogen) atoms. The van der Waals surface area contributed by atoms with Crippen LogP contribution < -0.4 is 15.4 Å². The van der Waals surface area contributed by atoms with E-state index in [0.29, 0.717) is 11.4 Å². The monoisotopic (exact) mass is 312 g/mol. The first-order valence-corrected chi connectivity index (χ1v) is 7.31. The van der Waals surface area contributed by atoms with Crippen molar-refractivity contribution in [2.45, 2.75) is 20.8 Å². The number of rotatable bonds is 5. The highest BCUT2D eigenvalue weighted by atomic mass is 16.5. The van der Waals surface area contributed by atoms with Gasteiger partial charge in [-0.3, -0.25) is 9.59 Å². The summed E-state index contributed by atoms with van der Waals surface area (Å²) in [6.07, 6.45) is 0. The second-order valence-electron chi connectivity index (χ2n) is 5.36. The van der Waals surface area contributed by atoms with Crippen LogP contribution in [0.15, 0.2) is 42.5 Å². The maximum Gasteiger partial charge on any atom is 0.262 e. The number of carbonyl (C=O) groups is 2. The SMILES string of the molecule is CC(=O)Nc1ccc(OCC(=O)Nc2cc(C)ccc2C)cc1. The van der Waals surface area contributed by atoms with Crippen LogP contribution in [0.2, 0.25) is 0 Å². The average molecular weight is 312 g/mol. The minimum atomic E-state index is -0.218. The number of aryl methyl sites for hydroxylation is 2. The molecular formula is C18H20N2O3. The largest absolute Gasteiger partial charge is 0.484 e. The van der Waals surface area contributed by atoms with Crippen LogP contribution in [-0.2, 0) is 9.59 Å². The summed E-state index contributed by atoms with van der Waals surface area (Å²) in [5.74, 6) is 0.214. The fourth-order valence-electron chi connectivity index (χ4n) is 2.04. The summed E-state index contributed by atoms with van der Waals surface area (Å²) < 4.78 is 5.45. The summed E-state index contributed by atoms with van der Waals surface area (Å²) in [7, 11) is 0. The second kappa shape index (κ2) is 7.45. The van der Waals surface area contributed by atoms with E-state index in [9.17, 15) is 9.59 Å². The second-order valence-corrected chi connectivity index (χ2v) is 5.36. The van der Waals surface area contributed by atoms with Gasteiger partial charge in [0.15, 0.2) is 6.61 Å². The van der Waals surface area contributed by atoms with E-state index >= 15 is 0 Å². The first-order chi connectivity index (χ1) is 10.9. The molecule has 2 aromatic rings. The van der Waals surface area contributed by atoms with Crippen LogP contribution in [0.1, 0.15) is 18.1 Å². The molecule has 2 aromatic carbocycles. The summed E-state index contributed by atoms with van der Waals surface area (Å²) in [6, 6.07) is 12.7. The number of nitrogens with one attached hydrogen (secondary N) is 2. The van der Waals surface area contributed by atoms with Gasteiger partial charge in [0.1, 0.15) is 5.75 Å². The topological polar surface area (TPSA) is 67.4 Å². The Labute approximate surface area is 135 Å². The van der Waals surface area contributed by atoms with Crippen molar-refractivity contribution < 1.29 is 14.3 Å². The summed E-state index contributed by atoms with van der Waals surface area (Å²) in [5.41, 5.74) is 3.56. The van der Waals surface area contributed by atoms with Crippen molar-refractivity contribution in [2.24, 2.45) is 0 Å². The Balaban J connectivity index is 1.89. The Morgan fingerprint density at radius 3 is 2.35 bits per heavy atom. The third kappa shape index (κ3) is 5.14. The lowest BCUT2D eigenvalue weighted by atomic mass is 10.1. The Kier molecular flexibility index (Phi) is 5.36. The first-order valence-electron chi connectivity index (χ1n) is 7.31. The van der Waals surface area contributed by atoms with Crippen molar-refractivity contribution in [3.05, 3.63) is 53.6 Å². The predicted octanol–water partition coefficient (Wildman–Crippen LogP) is 3.28. The zero-order valence-electron chi connectivity index (χ0n) is 13.5. The van der Waals surface area contributed by atoms with E-state index in [-0.39, 0.29) is 18.4 Å². The van der Waals surface area contributed by atoms with Gasteiger partial charge in [-0.05, 0) is 55.3 Å². The molecule has 120 valence electrons. The van der Waals surface area contributed by atoms with Crippen LogP contribution >= 0.6 is 0 Å². The molecular weight excluding hydrogens is 292 g/mol. The van der Waals surface area contributed by atoms with Gasteiger partial charge >= 0.3 is 0 Å². The highest BCUT2D eigenvalue weighted by Gasteiger charge is 2.06. The quantitative estimate of drug-likeness (QED) is 0.890. The highest BCUT2D eigenvalue weighted by Crippen LogP contribution is 2.17. The molecule has 0 heterocycles. The standard InChI is InChI=1S/C18H20N2O3/c1-12-4-5-13(2)17(10-12)20-18(22)11-23-16-8-6-15(7-9-16)19-14(3)21/h4-10H,11H2,1-3H3,(H,19,21)(H,20,22). The van der Waals surface area contributed by atoms with Crippen molar-refractivity contribution in [3.8, 4) is 5.75 Å². The predicted molar refractivity (Wildman–Crippen MR) is 90.8 cm³/mol. The molecule has 2 amide bonds. The van der Waals surface area contributed by atoms with Crippen molar-refractivity contribution in [2.75, 3.05) is 17.2 Å². The number of benzene rings is 2. The van der Waals surface area contributed by atoms with Crippen LogP contribution in [0.25, 0.3) is 0 Å². The Bertz CT molecular complexity index is 709. The third-order valence-corrected chi connectivity index (χ3v) is 3.21. The molecule has 0 unspecified atom stereocenters. The van der Waals surface area contributed by atoms with Crippen molar-refractivity contribution in [1.82, 2.24) is 0 Å². The lowest BCUT2D eigenvalue weighted by molar-refractivity contribution is -0.118. The number of hydrogen-bond acceptors (Lipinski definition) is 3. The van der Waals surface area contributed by atoms with E-state index in [0.717, 1.165) is 16.8 Å². The van der Waals surface area contributed by atoms with Crippen molar-refractivity contribution in [1.29, 1.82) is 0 Å². The fraction of sp³-hybridized carbons (Fsp3) is 0.222. The molecule has 0 saturated heterocycles. The average Bonchev–Trinajstić information content (AvgIpc) is 2.50. The molecule has 0 aliphatic carbocycles. The number of amides is 2. The minimum absolute atomic E-state index is 0.0765. The molecule has 0 aliphatic heterocycles. The number of hydrogen-bond donors (Lipinski definition) is 2. The molecule has 0 spiro atoms. The highest BCUT2D eigenvalue weighted by molar-refractivity contribution is 5.92. The Morgan fingerprint density at radius 1 is 1.00 bits per heavy atom. The summed E-state index contributed by atoms with van der Waals surface area (Å²) in [4.78, 5) is 22.9. The lowest BCUT2D eigenvalue weighted by Gasteiger charge is -2.11. The maximum absolute atomic E-state index is 12.0. The number of anilines is 2. The van der Waals surface area contributed by atoms with E-state index in [1.54, 1.807) is 24.3 Å². The van der Waals surface area contributed by atoms with Crippen LogP contribution in [0.5, 0.6) is 5.75 Å². The van der Waals surface area contributed by atoms with Crippen LogP contribution in [0.4, 0.5) is 11.4 Å². The van der Waals surface area contributed by atoms with Gasteiger partial charge in [-0.1, -0.05) is 12.1 Å². The first kappa shape index (κ1) is 16.5.